The third-order valence-electron chi connectivity index (χ3n) is 3.67. The van der Waals surface area contributed by atoms with Crippen molar-refractivity contribution >= 4 is 0 Å². The Kier molecular flexibility index (Phi) is 4.75. The van der Waals surface area contributed by atoms with Crippen molar-refractivity contribution in [3.8, 4) is 0 Å². The van der Waals surface area contributed by atoms with E-state index < -0.39 is 0 Å². The van der Waals surface area contributed by atoms with E-state index in [9.17, 15) is 0 Å². The van der Waals surface area contributed by atoms with Gasteiger partial charge in [-0.15, -0.1) is 0 Å². The summed E-state index contributed by atoms with van der Waals surface area (Å²) in [5, 5.41) is 3.62. The smallest absolute Gasteiger partial charge is 0.0987 e. The fourth-order valence-electron chi connectivity index (χ4n) is 2.60. The third kappa shape index (κ3) is 2.91. The van der Waals surface area contributed by atoms with Crippen molar-refractivity contribution < 1.29 is 9.47 Å². The number of methoxy groups -OCH3 is 1. The van der Waals surface area contributed by atoms with E-state index in [0.717, 1.165) is 13.0 Å². The maximum atomic E-state index is 5.63. The molecule has 0 spiro atoms. The first-order valence-corrected chi connectivity index (χ1v) is 6.71. The van der Waals surface area contributed by atoms with E-state index in [0.29, 0.717) is 12.1 Å². The van der Waals surface area contributed by atoms with E-state index >= 15 is 0 Å². The topological polar surface area (TPSA) is 30.5 Å². The monoisotopic (exact) mass is 249 g/mol. The molecule has 1 aromatic carbocycles. The molecule has 1 aromatic rings. The average Bonchev–Trinajstić information content (AvgIpc) is 2.38. The van der Waals surface area contributed by atoms with E-state index in [1.165, 1.54) is 5.56 Å². The summed E-state index contributed by atoms with van der Waals surface area (Å²) in [6.07, 6.45) is 1.46. The molecule has 3 nitrogen and oxygen atoms in total. The Morgan fingerprint density at radius 1 is 1.33 bits per heavy atom. The maximum Gasteiger partial charge on any atom is 0.0987 e. The van der Waals surface area contributed by atoms with Gasteiger partial charge in [0.25, 0.3) is 0 Å². The van der Waals surface area contributed by atoms with Crippen molar-refractivity contribution in [2.24, 2.45) is 0 Å². The first-order valence-electron chi connectivity index (χ1n) is 6.71. The van der Waals surface area contributed by atoms with E-state index in [1.54, 1.807) is 7.11 Å². The molecular weight excluding hydrogens is 226 g/mol. The molecule has 0 aromatic heterocycles. The molecular formula is C15H23NO2. The highest BCUT2D eigenvalue weighted by Gasteiger charge is 2.42. The van der Waals surface area contributed by atoms with Gasteiger partial charge in [-0.2, -0.15) is 0 Å². The summed E-state index contributed by atoms with van der Waals surface area (Å²) in [6.45, 7) is 4.97. The fourth-order valence-corrected chi connectivity index (χ4v) is 2.60. The second-order valence-electron chi connectivity index (χ2n) is 4.84. The summed E-state index contributed by atoms with van der Waals surface area (Å²) in [5.41, 5.74) is 1.31. The van der Waals surface area contributed by atoms with Crippen molar-refractivity contribution in [3.63, 3.8) is 0 Å². The van der Waals surface area contributed by atoms with E-state index in [4.69, 9.17) is 9.47 Å². The zero-order valence-corrected chi connectivity index (χ0v) is 11.4. The van der Waals surface area contributed by atoms with Crippen LogP contribution in [0.1, 0.15) is 31.9 Å². The maximum absolute atomic E-state index is 5.63. The van der Waals surface area contributed by atoms with Crippen LogP contribution in [0.15, 0.2) is 30.3 Å². The van der Waals surface area contributed by atoms with E-state index in [2.05, 4.69) is 36.5 Å². The zero-order chi connectivity index (χ0) is 13.0. The summed E-state index contributed by atoms with van der Waals surface area (Å²) < 4.78 is 11.1. The molecule has 18 heavy (non-hydrogen) atoms. The van der Waals surface area contributed by atoms with Crippen LogP contribution >= 0.6 is 0 Å². The highest BCUT2D eigenvalue weighted by Crippen LogP contribution is 2.29. The lowest BCUT2D eigenvalue weighted by molar-refractivity contribution is -0.133. The van der Waals surface area contributed by atoms with Crippen LogP contribution in [0.2, 0.25) is 0 Å². The summed E-state index contributed by atoms with van der Waals surface area (Å²) in [4.78, 5) is 0. The zero-order valence-electron chi connectivity index (χ0n) is 11.4. The van der Waals surface area contributed by atoms with Crippen LogP contribution < -0.4 is 5.32 Å². The number of hydrogen-bond acceptors (Lipinski definition) is 3. The predicted molar refractivity (Wildman–Crippen MR) is 72.6 cm³/mol. The first kappa shape index (κ1) is 13.5. The summed E-state index contributed by atoms with van der Waals surface area (Å²) in [7, 11) is 1.76. The molecule has 1 aliphatic rings. The Morgan fingerprint density at radius 2 is 2.06 bits per heavy atom. The molecule has 0 heterocycles. The number of rotatable bonds is 6. The molecule has 0 amide bonds. The standard InChI is InChI=1S/C15H23NO2/c1-4-18-14-10-13(15(14)17-3)16-11(2)12-8-6-5-7-9-12/h5-9,11,13-16H,4,10H2,1-3H3/t11-,13?,14?,15?/m0/s1. The SMILES string of the molecule is CCOC1CC(N[C@@H](C)c2ccccc2)C1OC. The Hall–Kier alpha value is -0.900. The van der Waals surface area contributed by atoms with Crippen LogP contribution in [0.25, 0.3) is 0 Å². The number of benzene rings is 1. The second-order valence-corrected chi connectivity index (χ2v) is 4.84. The minimum atomic E-state index is 0.177. The van der Waals surface area contributed by atoms with Crippen LogP contribution in [-0.2, 0) is 9.47 Å². The van der Waals surface area contributed by atoms with Gasteiger partial charge in [0.05, 0.1) is 12.2 Å². The van der Waals surface area contributed by atoms with Gasteiger partial charge in [-0.25, -0.2) is 0 Å². The van der Waals surface area contributed by atoms with Gasteiger partial charge in [0.2, 0.25) is 0 Å². The summed E-state index contributed by atoms with van der Waals surface area (Å²) >= 11 is 0. The molecule has 3 unspecified atom stereocenters. The normalized spacial score (nSPS) is 28.7. The highest BCUT2D eigenvalue weighted by atomic mass is 16.5. The first-order chi connectivity index (χ1) is 8.76. The summed E-state index contributed by atoms with van der Waals surface area (Å²) in [6, 6.07) is 11.2. The number of hydrogen-bond donors (Lipinski definition) is 1. The molecule has 4 atom stereocenters. The van der Waals surface area contributed by atoms with Crippen LogP contribution in [0, 0.1) is 0 Å². The predicted octanol–water partition coefficient (Wildman–Crippen LogP) is 2.53. The largest absolute Gasteiger partial charge is 0.377 e. The lowest BCUT2D eigenvalue weighted by atomic mass is 9.84. The highest BCUT2D eigenvalue weighted by molar-refractivity contribution is 5.18. The molecule has 0 bridgehead atoms. The molecule has 0 radical (unpaired) electrons. The lowest BCUT2D eigenvalue weighted by Gasteiger charge is -2.44. The molecule has 1 saturated carbocycles. The minimum absolute atomic E-state index is 0.177. The molecule has 100 valence electrons. The Morgan fingerprint density at radius 3 is 2.67 bits per heavy atom. The lowest BCUT2D eigenvalue weighted by Crippen LogP contribution is -2.60. The Bertz CT molecular complexity index is 355. The van der Waals surface area contributed by atoms with Gasteiger partial charge < -0.3 is 14.8 Å². The quantitative estimate of drug-likeness (QED) is 0.840. The van der Waals surface area contributed by atoms with Gasteiger partial charge in [-0.3, -0.25) is 0 Å². The molecule has 0 saturated heterocycles. The van der Waals surface area contributed by atoms with Crippen molar-refractivity contribution in [1.82, 2.24) is 5.32 Å². The number of nitrogens with one attached hydrogen (secondary N) is 1. The molecule has 1 fully saturated rings. The van der Waals surface area contributed by atoms with Crippen molar-refractivity contribution in [1.29, 1.82) is 0 Å². The third-order valence-corrected chi connectivity index (χ3v) is 3.67. The fraction of sp³-hybridized carbons (Fsp3) is 0.600. The van der Waals surface area contributed by atoms with Gasteiger partial charge in [0, 0.05) is 25.8 Å². The van der Waals surface area contributed by atoms with Gasteiger partial charge in [-0.05, 0) is 25.8 Å². The summed E-state index contributed by atoms with van der Waals surface area (Å²) in [5.74, 6) is 0. The van der Waals surface area contributed by atoms with Crippen molar-refractivity contribution in [3.05, 3.63) is 35.9 Å². The van der Waals surface area contributed by atoms with Gasteiger partial charge in [0.15, 0.2) is 0 Å². The van der Waals surface area contributed by atoms with Crippen LogP contribution in [-0.4, -0.2) is 32.0 Å². The molecule has 1 N–H and O–H groups in total. The molecule has 2 rings (SSSR count). The minimum Gasteiger partial charge on any atom is -0.377 e. The molecule has 0 aliphatic heterocycles. The Labute approximate surface area is 109 Å². The van der Waals surface area contributed by atoms with Crippen LogP contribution in [0.5, 0.6) is 0 Å². The van der Waals surface area contributed by atoms with Gasteiger partial charge in [-0.1, -0.05) is 30.3 Å². The molecule has 3 heteroatoms. The van der Waals surface area contributed by atoms with Gasteiger partial charge in [0.1, 0.15) is 0 Å². The van der Waals surface area contributed by atoms with Gasteiger partial charge >= 0.3 is 0 Å². The average molecular weight is 249 g/mol. The van der Waals surface area contributed by atoms with E-state index in [1.807, 2.05) is 13.0 Å². The van der Waals surface area contributed by atoms with Crippen molar-refractivity contribution in [2.75, 3.05) is 13.7 Å². The van der Waals surface area contributed by atoms with Crippen LogP contribution in [0.3, 0.4) is 0 Å². The number of ether oxygens (including phenoxy) is 2. The van der Waals surface area contributed by atoms with Crippen molar-refractivity contribution in [2.45, 2.75) is 44.6 Å². The second kappa shape index (κ2) is 6.32. The Balaban J connectivity index is 1.87. The van der Waals surface area contributed by atoms with E-state index in [-0.39, 0.29) is 12.2 Å². The van der Waals surface area contributed by atoms with Crippen LogP contribution in [0.4, 0.5) is 0 Å². The molecule has 1 aliphatic carbocycles.